The van der Waals surface area contributed by atoms with Crippen LogP contribution in [0, 0.1) is 17.3 Å². The SMILES string of the molecule is CN1CCCCCCC/C=C/[C@@H](B2OC3C[C@H]4C[C@H](C4(C)C)[C@@]3(C)O2)NC(=O)C2C[C@@H](OC(=O)N3Cc4ccccc4C3)CN2C1=O. The second-order valence-corrected chi connectivity index (χ2v) is 15.6. The molecule has 11 heteroatoms. The molecule has 3 aliphatic carbocycles. The van der Waals surface area contributed by atoms with E-state index in [9.17, 15) is 14.4 Å². The lowest BCUT2D eigenvalue weighted by Crippen LogP contribution is -2.65. The topological polar surface area (TPSA) is 101 Å². The quantitative estimate of drug-likeness (QED) is 0.346. The molecule has 4 heterocycles. The number of allylic oxidation sites excluding steroid dienone is 1. The van der Waals surface area contributed by atoms with Gasteiger partial charge in [0, 0.05) is 33.1 Å². The molecule has 0 radical (unpaired) electrons. The minimum Gasteiger partial charge on any atom is -0.444 e. The molecule has 2 unspecified atom stereocenters. The van der Waals surface area contributed by atoms with Crippen LogP contribution in [0.25, 0.3) is 0 Å². The summed E-state index contributed by atoms with van der Waals surface area (Å²) >= 11 is 0. The number of fused-ring (bicyclic) bond motifs is 2. The van der Waals surface area contributed by atoms with E-state index >= 15 is 0 Å². The molecule has 254 valence electrons. The van der Waals surface area contributed by atoms with Crippen LogP contribution in [0.3, 0.4) is 0 Å². The Balaban J connectivity index is 1.09. The summed E-state index contributed by atoms with van der Waals surface area (Å²) in [6.45, 7) is 8.63. The molecule has 4 aliphatic heterocycles. The van der Waals surface area contributed by atoms with Crippen molar-refractivity contribution in [3.63, 3.8) is 0 Å². The molecular weight excluding hydrogens is 595 g/mol. The normalized spacial score (nSPS) is 36.3. The van der Waals surface area contributed by atoms with E-state index in [1.165, 1.54) is 0 Å². The van der Waals surface area contributed by atoms with Gasteiger partial charge in [0.25, 0.3) is 0 Å². The van der Waals surface area contributed by atoms with Crippen molar-refractivity contribution in [3.05, 3.63) is 47.5 Å². The number of rotatable bonds is 2. The highest BCUT2D eigenvalue weighted by Gasteiger charge is 2.68. The molecule has 2 bridgehead atoms. The number of nitrogens with zero attached hydrogens (tertiary/aromatic N) is 3. The van der Waals surface area contributed by atoms with Gasteiger partial charge in [-0.05, 0) is 67.4 Å². The van der Waals surface area contributed by atoms with Gasteiger partial charge in [0.2, 0.25) is 5.91 Å². The Morgan fingerprint density at radius 3 is 2.47 bits per heavy atom. The predicted molar refractivity (Wildman–Crippen MR) is 178 cm³/mol. The smallest absolute Gasteiger partial charge is 0.444 e. The molecule has 1 aromatic carbocycles. The van der Waals surface area contributed by atoms with E-state index in [2.05, 4.69) is 32.2 Å². The van der Waals surface area contributed by atoms with Crippen LogP contribution in [0.2, 0.25) is 0 Å². The van der Waals surface area contributed by atoms with Crippen LogP contribution in [0.5, 0.6) is 0 Å². The molecule has 1 N–H and O–H groups in total. The van der Waals surface area contributed by atoms with Gasteiger partial charge in [-0.15, -0.1) is 0 Å². The van der Waals surface area contributed by atoms with Gasteiger partial charge in [-0.2, -0.15) is 0 Å². The molecule has 4 amide bonds. The van der Waals surface area contributed by atoms with Crippen molar-refractivity contribution in [2.75, 3.05) is 20.1 Å². The minimum absolute atomic E-state index is 0.00587. The molecule has 7 atom stereocenters. The van der Waals surface area contributed by atoms with E-state index in [-0.39, 0.29) is 36.4 Å². The number of carbonyl (C=O) groups is 3. The van der Waals surface area contributed by atoms with Crippen LogP contribution in [-0.2, 0) is 31.9 Å². The number of amides is 4. The zero-order chi connectivity index (χ0) is 32.9. The van der Waals surface area contributed by atoms with E-state index in [1.807, 2.05) is 30.3 Å². The Morgan fingerprint density at radius 1 is 1.00 bits per heavy atom. The van der Waals surface area contributed by atoms with E-state index in [1.54, 1.807) is 21.7 Å². The maximum absolute atomic E-state index is 14.2. The Hall–Kier alpha value is -3.05. The lowest BCUT2D eigenvalue weighted by molar-refractivity contribution is -0.199. The largest absolute Gasteiger partial charge is 0.485 e. The van der Waals surface area contributed by atoms with Crippen LogP contribution in [0.1, 0.15) is 89.7 Å². The van der Waals surface area contributed by atoms with Gasteiger partial charge in [0.05, 0.1) is 24.2 Å². The van der Waals surface area contributed by atoms with E-state index < -0.39 is 36.9 Å². The van der Waals surface area contributed by atoms with Gasteiger partial charge in [0.1, 0.15) is 12.1 Å². The molecule has 0 aromatic heterocycles. The Bertz CT molecular complexity index is 1380. The molecular formula is C36H51BN4O6. The molecule has 3 saturated carbocycles. The molecule has 0 spiro atoms. The summed E-state index contributed by atoms with van der Waals surface area (Å²) in [5.41, 5.74) is 2.04. The van der Waals surface area contributed by atoms with Crippen molar-refractivity contribution in [1.82, 2.24) is 20.0 Å². The maximum atomic E-state index is 14.2. The van der Waals surface area contributed by atoms with Gasteiger partial charge in [-0.25, -0.2) is 9.59 Å². The summed E-state index contributed by atoms with van der Waals surface area (Å²) in [6, 6.07) is 6.99. The van der Waals surface area contributed by atoms with Crippen molar-refractivity contribution < 1.29 is 28.4 Å². The van der Waals surface area contributed by atoms with Crippen molar-refractivity contribution in [3.8, 4) is 0 Å². The van der Waals surface area contributed by atoms with Crippen molar-refractivity contribution >= 4 is 25.1 Å². The standard InChI is InChI=1S/C36H51BN4O6/c1-35(2)26-18-29(35)36(3)30(19-26)46-37(47-36)31-16-10-8-6-5-7-9-13-17-39(4)33(43)41-23-27(20-28(41)32(42)38-31)45-34(44)40-21-24-14-11-12-15-25(24)22-40/h10-12,14-16,26-31H,5-9,13,17-23H2,1-4H3,(H,38,42)/b16-10+/t26-,27-,28?,29-,30?,31+,36-/m1/s1. The molecule has 10 nitrogen and oxygen atoms in total. The number of benzene rings is 1. The fourth-order valence-electron chi connectivity index (χ4n) is 9.24. The van der Waals surface area contributed by atoms with E-state index in [0.717, 1.165) is 62.5 Å². The number of carbonyl (C=O) groups excluding carboxylic acids is 3. The number of hydrogen-bond donors (Lipinski definition) is 1. The van der Waals surface area contributed by atoms with Crippen molar-refractivity contribution in [2.45, 2.75) is 121 Å². The highest BCUT2D eigenvalue weighted by atomic mass is 16.7. The fraction of sp³-hybridized carbons (Fsp3) is 0.694. The summed E-state index contributed by atoms with van der Waals surface area (Å²) in [7, 11) is 1.18. The third kappa shape index (κ3) is 6.07. The zero-order valence-corrected chi connectivity index (χ0v) is 28.5. The molecule has 5 fully saturated rings. The van der Waals surface area contributed by atoms with Crippen LogP contribution in [0.15, 0.2) is 36.4 Å². The molecule has 2 saturated heterocycles. The van der Waals surface area contributed by atoms with Crippen LogP contribution in [0.4, 0.5) is 9.59 Å². The van der Waals surface area contributed by atoms with Gasteiger partial charge in [0.15, 0.2) is 0 Å². The average Bonchev–Trinajstić information content (AvgIpc) is 3.76. The highest BCUT2D eigenvalue weighted by Crippen LogP contribution is 2.65. The van der Waals surface area contributed by atoms with Gasteiger partial charge < -0.3 is 29.2 Å². The van der Waals surface area contributed by atoms with Crippen LogP contribution >= 0.6 is 0 Å². The first-order valence-corrected chi connectivity index (χ1v) is 17.9. The lowest BCUT2D eigenvalue weighted by atomic mass is 9.43. The average molecular weight is 647 g/mol. The Labute approximate surface area is 279 Å². The third-order valence-corrected chi connectivity index (χ3v) is 12.3. The molecule has 47 heavy (non-hydrogen) atoms. The van der Waals surface area contributed by atoms with E-state index in [0.29, 0.717) is 31.5 Å². The second kappa shape index (κ2) is 12.8. The second-order valence-electron chi connectivity index (χ2n) is 15.6. The fourth-order valence-corrected chi connectivity index (χ4v) is 9.24. The number of hydrogen-bond acceptors (Lipinski definition) is 6. The number of ether oxygens (including phenoxy) is 1. The lowest BCUT2D eigenvalue weighted by Gasteiger charge is -2.64. The Morgan fingerprint density at radius 2 is 1.72 bits per heavy atom. The first-order chi connectivity index (χ1) is 22.5. The number of urea groups is 1. The summed E-state index contributed by atoms with van der Waals surface area (Å²) in [4.78, 5) is 46.3. The summed E-state index contributed by atoms with van der Waals surface area (Å²) in [5, 5.41) is 3.23. The van der Waals surface area contributed by atoms with Crippen LogP contribution < -0.4 is 5.32 Å². The first kappa shape index (κ1) is 32.5. The summed E-state index contributed by atoms with van der Waals surface area (Å²) in [6.07, 6.45) is 11.7. The monoisotopic (exact) mass is 646 g/mol. The Kier molecular flexibility index (Phi) is 8.83. The van der Waals surface area contributed by atoms with Crippen molar-refractivity contribution in [1.29, 1.82) is 0 Å². The zero-order valence-electron chi connectivity index (χ0n) is 28.5. The van der Waals surface area contributed by atoms with E-state index in [4.69, 9.17) is 14.0 Å². The maximum Gasteiger partial charge on any atom is 0.485 e. The summed E-state index contributed by atoms with van der Waals surface area (Å²) < 4.78 is 19.4. The highest BCUT2D eigenvalue weighted by molar-refractivity contribution is 6.48. The van der Waals surface area contributed by atoms with Crippen molar-refractivity contribution in [2.24, 2.45) is 17.3 Å². The predicted octanol–water partition coefficient (Wildman–Crippen LogP) is 5.30. The van der Waals surface area contributed by atoms with Crippen LogP contribution in [-0.4, -0.2) is 89.8 Å². The first-order valence-electron chi connectivity index (χ1n) is 17.9. The molecule has 8 rings (SSSR count). The van der Waals surface area contributed by atoms with Gasteiger partial charge in [-0.3, -0.25) is 9.69 Å². The summed E-state index contributed by atoms with van der Waals surface area (Å²) in [5.74, 6) is 0.251. The molecule has 7 aliphatic rings. The van der Waals surface area contributed by atoms with Gasteiger partial charge >= 0.3 is 19.2 Å². The third-order valence-electron chi connectivity index (χ3n) is 12.3. The van der Waals surface area contributed by atoms with Gasteiger partial charge in [-0.1, -0.05) is 69.5 Å². The molecule has 1 aromatic rings. The minimum atomic E-state index is -0.784. The number of nitrogens with one attached hydrogen (secondary N) is 1.